The van der Waals surface area contributed by atoms with Gasteiger partial charge in [0.25, 0.3) is 0 Å². The van der Waals surface area contributed by atoms with E-state index in [9.17, 15) is 0 Å². The van der Waals surface area contributed by atoms with Crippen molar-refractivity contribution < 1.29 is 0 Å². The number of H-pyrrole nitrogens is 1. The monoisotopic (exact) mass is 312 g/mol. The average molecular weight is 313 g/mol. The van der Waals surface area contributed by atoms with Crippen molar-refractivity contribution in [2.24, 2.45) is 0 Å². The minimum absolute atomic E-state index is 0.825. The normalized spacial score (nSPS) is 10.6. The van der Waals surface area contributed by atoms with E-state index >= 15 is 0 Å². The van der Waals surface area contributed by atoms with Crippen LogP contribution in [-0.2, 0) is 6.42 Å². The van der Waals surface area contributed by atoms with E-state index in [1.165, 1.54) is 5.56 Å². The minimum Gasteiger partial charge on any atom is -0.342 e. The standard InChI is InChI=1S/C16H13BrN2/c17-14-9-5-4-8-13(14)15-11-18-16(19-15)10-12-6-2-1-3-7-12/h1-9,11H,10H2,(H,18,19). The second-order valence-electron chi connectivity index (χ2n) is 4.39. The van der Waals surface area contributed by atoms with Gasteiger partial charge in [0.1, 0.15) is 5.82 Å². The van der Waals surface area contributed by atoms with Crippen molar-refractivity contribution >= 4 is 15.9 Å². The second kappa shape index (κ2) is 5.41. The zero-order chi connectivity index (χ0) is 13.1. The van der Waals surface area contributed by atoms with Gasteiger partial charge in [0, 0.05) is 16.5 Å². The molecular weight excluding hydrogens is 300 g/mol. The van der Waals surface area contributed by atoms with Gasteiger partial charge in [-0.3, -0.25) is 0 Å². The largest absolute Gasteiger partial charge is 0.342 e. The van der Waals surface area contributed by atoms with Crippen molar-refractivity contribution in [3.63, 3.8) is 0 Å². The minimum atomic E-state index is 0.825. The summed E-state index contributed by atoms with van der Waals surface area (Å²) in [4.78, 5) is 7.83. The van der Waals surface area contributed by atoms with Crippen LogP contribution in [0.25, 0.3) is 11.3 Å². The SMILES string of the molecule is Brc1ccccc1-c1cnc(Cc2ccccc2)[nH]1. The molecule has 0 bridgehead atoms. The van der Waals surface area contributed by atoms with E-state index in [2.05, 4.69) is 44.1 Å². The molecule has 0 spiro atoms. The zero-order valence-corrected chi connectivity index (χ0v) is 11.9. The maximum Gasteiger partial charge on any atom is 0.110 e. The first-order chi connectivity index (χ1) is 9.33. The van der Waals surface area contributed by atoms with E-state index in [4.69, 9.17) is 0 Å². The molecule has 3 rings (SSSR count). The van der Waals surface area contributed by atoms with Crippen LogP contribution >= 0.6 is 15.9 Å². The summed E-state index contributed by atoms with van der Waals surface area (Å²) < 4.78 is 1.07. The molecule has 1 N–H and O–H groups in total. The maximum atomic E-state index is 4.45. The third-order valence-electron chi connectivity index (χ3n) is 3.01. The van der Waals surface area contributed by atoms with Crippen molar-refractivity contribution in [3.05, 3.63) is 76.7 Å². The lowest BCUT2D eigenvalue weighted by atomic mass is 10.1. The molecule has 0 unspecified atom stereocenters. The number of nitrogens with one attached hydrogen (secondary N) is 1. The number of hydrogen-bond acceptors (Lipinski definition) is 1. The molecule has 2 aromatic carbocycles. The van der Waals surface area contributed by atoms with Crippen molar-refractivity contribution in [3.8, 4) is 11.3 Å². The Bertz CT molecular complexity index is 674. The molecule has 2 nitrogen and oxygen atoms in total. The lowest BCUT2D eigenvalue weighted by Gasteiger charge is -2.00. The van der Waals surface area contributed by atoms with E-state index in [0.29, 0.717) is 0 Å². The molecule has 1 aromatic heterocycles. The molecule has 0 aliphatic rings. The fourth-order valence-electron chi connectivity index (χ4n) is 2.06. The van der Waals surface area contributed by atoms with Gasteiger partial charge in [0.2, 0.25) is 0 Å². The summed E-state index contributed by atoms with van der Waals surface area (Å²) in [5.41, 5.74) is 3.43. The highest BCUT2D eigenvalue weighted by Gasteiger charge is 2.06. The van der Waals surface area contributed by atoms with Crippen LogP contribution in [0, 0.1) is 0 Å². The Labute approximate surface area is 120 Å². The van der Waals surface area contributed by atoms with Gasteiger partial charge in [0.15, 0.2) is 0 Å². The Morgan fingerprint density at radius 3 is 2.47 bits per heavy atom. The van der Waals surface area contributed by atoms with E-state index in [0.717, 1.165) is 28.0 Å². The topological polar surface area (TPSA) is 28.7 Å². The Hall–Kier alpha value is -1.87. The lowest BCUT2D eigenvalue weighted by Crippen LogP contribution is -1.90. The summed E-state index contributed by atoms with van der Waals surface area (Å²) in [6, 6.07) is 18.5. The van der Waals surface area contributed by atoms with Crippen LogP contribution in [0.3, 0.4) is 0 Å². The van der Waals surface area contributed by atoms with Crippen LogP contribution in [0.4, 0.5) is 0 Å². The third-order valence-corrected chi connectivity index (χ3v) is 3.70. The smallest absolute Gasteiger partial charge is 0.110 e. The highest BCUT2D eigenvalue weighted by Crippen LogP contribution is 2.26. The van der Waals surface area contributed by atoms with E-state index in [1.807, 2.05) is 42.6 Å². The molecule has 0 amide bonds. The molecule has 0 radical (unpaired) electrons. The molecule has 0 fully saturated rings. The first-order valence-electron chi connectivity index (χ1n) is 6.15. The Morgan fingerprint density at radius 2 is 1.68 bits per heavy atom. The molecule has 19 heavy (non-hydrogen) atoms. The number of rotatable bonds is 3. The highest BCUT2D eigenvalue weighted by molar-refractivity contribution is 9.10. The predicted molar refractivity (Wildman–Crippen MR) is 81.0 cm³/mol. The quantitative estimate of drug-likeness (QED) is 0.761. The van der Waals surface area contributed by atoms with Crippen LogP contribution in [-0.4, -0.2) is 9.97 Å². The average Bonchev–Trinajstić information content (AvgIpc) is 2.89. The van der Waals surface area contributed by atoms with Gasteiger partial charge < -0.3 is 4.98 Å². The summed E-state index contributed by atoms with van der Waals surface area (Å²) in [5, 5.41) is 0. The Balaban J connectivity index is 1.86. The van der Waals surface area contributed by atoms with E-state index in [-0.39, 0.29) is 0 Å². The number of imidazole rings is 1. The first kappa shape index (κ1) is 12.2. The van der Waals surface area contributed by atoms with Crippen molar-refractivity contribution in [2.75, 3.05) is 0 Å². The zero-order valence-electron chi connectivity index (χ0n) is 10.3. The van der Waals surface area contributed by atoms with Gasteiger partial charge in [-0.15, -0.1) is 0 Å². The Kier molecular flexibility index (Phi) is 3.47. The molecule has 0 saturated carbocycles. The lowest BCUT2D eigenvalue weighted by molar-refractivity contribution is 1.03. The van der Waals surface area contributed by atoms with Crippen LogP contribution < -0.4 is 0 Å². The fraction of sp³-hybridized carbons (Fsp3) is 0.0625. The van der Waals surface area contributed by atoms with E-state index < -0.39 is 0 Å². The predicted octanol–water partition coefficient (Wildman–Crippen LogP) is 4.43. The summed E-state index contributed by atoms with van der Waals surface area (Å²) in [6.07, 6.45) is 2.71. The summed E-state index contributed by atoms with van der Waals surface area (Å²) >= 11 is 3.56. The van der Waals surface area contributed by atoms with Crippen molar-refractivity contribution in [1.29, 1.82) is 0 Å². The van der Waals surface area contributed by atoms with Gasteiger partial charge in [-0.25, -0.2) is 4.98 Å². The van der Waals surface area contributed by atoms with Crippen LogP contribution in [0.5, 0.6) is 0 Å². The van der Waals surface area contributed by atoms with E-state index in [1.54, 1.807) is 0 Å². The molecular formula is C16H13BrN2. The molecule has 1 heterocycles. The van der Waals surface area contributed by atoms with Crippen molar-refractivity contribution in [2.45, 2.75) is 6.42 Å². The van der Waals surface area contributed by atoms with Gasteiger partial charge in [-0.1, -0.05) is 64.5 Å². The number of aromatic nitrogens is 2. The molecule has 0 saturated heterocycles. The van der Waals surface area contributed by atoms with Crippen molar-refractivity contribution in [1.82, 2.24) is 9.97 Å². The molecule has 0 aliphatic carbocycles. The molecule has 3 aromatic rings. The Morgan fingerprint density at radius 1 is 0.947 bits per heavy atom. The van der Waals surface area contributed by atoms with Gasteiger partial charge in [-0.05, 0) is 11.6 Å². The summed E-state index contributed by atoms with van der Waals surface area (Å²) in [6.45, 7) is 0. The number of halogens is 1. The molecule has 0 aliphatic heterocycles. The summed E-state index contributed by atoms with van der Waals surface area (Å²) in [5.74, 6) is 0.983. The van der Waals surface area contributed by atoms with Gasteiger partial charge >= 0.3 is 0 Å². The molecule has 3 heteroatoms. The number of benzene rings is 2. The highest BCUT2D eigenvalue weighted by atomic mass is 79.9. The van der Waals surface area contributed by atoms with Crippen LogP contribution in [0.2, 0.25) is 0 Å². The van der Waals surface area contributed by atoms with Crippen LogP contribution in [0.1, 0.15) is 11.4 Å². The third kappa shape index (κ3) is 2.76. The molecule has 0 atom stereocenters. The fourth-order valence-corrected chi connectivity index (χ4v) is 2.56. The first-order valence-corrected chi connectivity index (χ1v) is 6.95. The van der Waals surface area contributed by atoms with Crippen LogP contribution in [0.15, 0.2) is 65.3 Å². The number of nitrogens with zero attached hydrogens (tertiary/aromatic N) is 1. The summed E-state index contributed by atoms with van der Waals surface area (Å²) in [7, 11) is 0. The second-order valence-corrected chi connectivity index (χ2v) is 5.24. The number of hydrogen-bond donors (Lipinski definition) is 1. The maximum absolute atomic E-state index is 4.45. The number of aromatic amines is 1. The molecule has 94 valence electrons. The van der Waals surface area contributed by atoms with Gasteiger partial charge in [0.05, 0.1) is 11.9 Å². The van der Waals surface area contributed by atoms with Gasteiger partial charge in [-0.2, -0.15) is 0 Å².